The molecule has 2 nitrogen and oxygen atoms in total. The van der Waals surface area contributed by atoms with Crippen LogP contribution >= 0.6 is 23.2 Å². The SMILES string of the molecule is Cc1[nH+]cc(Cl)c(N)c1Cl. The Morgan fingerprint density at radius 2 is 2.10 bits per heavy atom. The van der Waals surface area contributed by atoms with E-state index in [9.17, 15) is 0 Å². The molecule has 54 valence electrons. The van der Waals surface area contributed by atoms with Crippen LogP contribution in [0.1, 0.15) is 5.69 Å². The number of hydrogen-bond donors (Lipinski definition) is 1. The van der Waals surface area contributed by atoms with E-state index in [1.54, 1.807) is 6.20 Å². The van der Waals surface area contributed by atoms with E-state index in [1.807, 2.05) is 6.92 Å². The van der Waals surface area contributed by atoms with Crippen molar-refractivity contribution in [2.75, 3.05) is 5.73 Å². The van der Waals surface area contributed by atoms with E-state index in [4.69, 9.17) is 28.9 Å². The minimum absolute atomic E-state index is 0.430. The molecule has 0 spiro atoms. The summed E-state index contributed by atoms with van der Waals surface area (Å²) >= 11 is 11.4. The molecule has 0 unspecified atom stereocenters. The van der Waals surface area contributed by atoms with E-state index in [-0.39, 0.29) is 0 Å². The van der Waals surface area contributed by atoms with E-state index in [2.05, 4.69) is 4.98 Å². The standard InChI is InChI=1S/C6H6Cl2N2/c1-3-5(8)6(9)4(7)2-10-3/h2H,1H3,(H2,9,10)/p+1. The van der Waals surface area contributed by atoms with Gasteiger partial charge >= 0.3 is 0 Å². The van der Waals surface area contributed by atoms with Crippen LogP contribution in [0, 0.1) is 6.92 Å². The third kappa shape index (κ3) is 1.18. The number of nitrogens with two attached hydrogens (primary N) is 1. The highest BCUT2D eigenvalue weighted by molar-refractivity contribution is 6.38. The van der Waals surface area contributed by atoms with Crippen LogP contribution in [-0.2, 0) is 0 Å². The lowest BCUT2D eigenvalue weighted by Crippen LogP contribution is -2.08. The molecule has 10 heavy (non-hydrogen) atoms. The number of anilines is 1. The zero-order valence-corrected chi connectivity index (χ0v) is 6.92. The Morgan fingerprint density at radius 1 is 1.50 bits per heavy atom. The molecule has 0 aliphatic carbocycles. The summed E-state index contributed by atoms with van der Waals surface area (Å²) in [7, 11) is 0. The van der Waals surface area contributed by atoms with Gasteiger partial charge < -0.3 is 5.73 Å². The van der Waals surface area contributed by atoms with Crippen LogP contribution in [0.5, 0.6) is 0 Å². The number of aromatic nitrogens is 1. The fraction of sp³-hybridized carbons (Fsp3) is 0.167. The number of nitrogens with one attached hydrogen (secondary N) is 1. The lowest BCUT2D eigenvalue weighted by molar-refractivity contribution is -0.387. The molecule has 0 fully saturated rings. The van der Waals surface area contributed by atoms with Crippen LogP contribution in [0.4, 0.5) is 5.69 Å². The molecule has 0 aromatic carbocycles. The fourth-order valence-electron chi connectivity index (χ4n) is 0.620. The Hall–Kier alpha value is -0.470. The Bertz CT molecular complexity index is 233. The second kappa shape index (κ2) is 2.64. The summed E-state index contributed by atoms with van der Waals surface area (Å²) in [6.07, 6.45) is 1.61. The molecular weight excluding hydrogens is 171 g/mol. The molecule has 0 saturated carbocycles. The normalized spacial score (nSPS) is 9.90. The van der Waals surface area contributed by atoms with E-state index >= 15 is 0 Å². The highest BCUT2D eigenvalue weighted by Gasteiger charge is 2.09. The highest BCUT2D eigenvalue weighted by atomic mass is 35.5. The number of rotatable bonds is 0. The predicted molar refractivity (Wildman–Crippen MR) is 42.2 cm³/mol. The number of nitrogen functional groups attached to an aromatic ring is 1. The molecular formula is C6H7Cl2N2+. The average Bonchev–Trinajstić information content (AvgIpc) is 1.93. The molecule has 1 rings (SSSR count). The quantitative estimate of drug-likeness (QED) is 0.645. The van der Waals surface area contributed by atoms with E-state index in [0.717, 1.165) is 5.69 Å². The number of aryl methyl sites for hydroxylation is 1. The third-order valence-electron chi connectivity index (χ3n) is 1.24. The minimum atomic E-state index is 0.430. The van der Waals surface area contributed by atoms with Crippen molar-refractivity contribution in [3.8, 4) is 0 Å². The zero-order chi connectivity index (χ0) is 7.72. The van der Waals surface area contributed by atoms with Gasteiger partial charge in [0.05, 0.1) is 5.69 Å². The predicted octanol–water partition coefficient (Wildman–Crippen LogP) is 1.70. The average molecular weight is 178 g/mol. The molecule has 0 aliphatic heterocycles. The largest absolute Gasteiger partial charge is 0.396 e. The van der Waals surface area contributed by atoms with Gasteiger partial charge in [-0.15, -0.1) is 0 Å². The summed E-state index contributed by atoms with van der Waals surface area (Å²) < 4.78 is 0. The summed E-state index contributed by atoms with van der Waals surface area (Å²) in [5, 5.41) is 0.947. The van der Waals surface area contributed by atoms with Gasteiger partial charge in [-0.25, -0.2) is 4.98 Å². The fourth-order valence-corrected chi connectivity index (χ4v) is 0.973. The molecule has 0 amide bonds. The van der Waals surface area contributed by atoms with Crippen LogP contribution in [0.15, 0.2) is 6.20 Å². The van der Waals surface area contributed by atoms with Crippen molar-refractivity contribution in [1.29, 1.82) is 0 Å². The van der Waals surface area contributed by atoms with Gasteiger partial charge in [-0.1, -0.05) is 23.2 Å². The van der Waals surface area contributed by atoms with Crippen molar-refractivity contribution < 1.29 is 4.98 Å². The van der Waals surface area contributed by atoms with Crippen LogP contribution in [0.3, 0.4) is 0 Å². The van der Waals surface area contributed by atoms with E-state index in [1.165, 1.54) is 0 Å². The van der Waals surface area contributed by atoms with Crippen molar-refractivity contribution >= 4 is 28.9 Å². The lowest BCUT2D eigenvalue weighted by Gasteiger charge is -1.96. The Balaban J connectivity index is 3.34. The first-order valence-electron chi connectivity index (χ1n) is 2.74. The van der Waals surface area contributed by atoms with Crippen molar-refractivity contribution in [2.24, 2.45) is 0 Å². The number of halogens is 2. The molecule has 0 bridgehead atoms. The number of pyridine rings is 1. The maximum atomic E-state index is 5.74. The first-order chi connectivity index (χ1) is 4.63. The number of hydrogen-bond acceptors (Lipinski definition) is 1. The monoisotopic (exact) mass is 177 g/mol. The molecule has 4 heteroatoms. The third-order valence-corrected chi connectivity index (χ3v) is 2.04. The molecule has 1 heterocycles. The van der Waals surface area contributed by atoms with Gasteiger partial charge in [0, 0.05) is 6.92 Å². The Kier molecular flexibility index (Phi) is 2.02. The second-order valence-corrected chi connectivity index (χ2v) is 2.77. The zero-order valence-electron chi connectivity index (χ0n) is 5.41. The van der Waals surface area contributed by atoms with Crippen LogP contribution in [0.2, 0.25) is 10.0 Å². The molecule has 0 saturated heterocycles. The van der Waals surface area contributed by atoms with Gasteiger partial charge in [-0.2, -0.15) is 0 Å². The van der Waals surface area contributed by atoms with Crippen LogP contribution in [0.25, 0.3) is 0 Å². The van der Waals surface area contributed by atoms with Crippen molar-refractivity contribution in [3.05, 3.63) is 21.9 Å². The number of H-pyrrole nitrogens is 1. The smallest absolute Gasteiger partial charge is 0.197 e. The molecule has 0 atom stereocenters. The maximum Gasteiger partial charge on any atom is 0.197 e. The van der Waals surface area contributed by atoms with Crippen molar-refractivity contribution in [1.82, 2.24) is 0 Å². The summed E-state index contributed by atoms with van der Waals surface area (Å²) in [5.74, 6) is 0. The summed E-state index contributed by atoms with van der Waals surface area (Å²) in [6.45, 7) is 1.83. The van der Waals surface area contributed by atoms with Gasteiger partial charge in [-0.3, -0.25) is 0 Å². The van der Waals surface area contributed by atoms with Gasteiger partial charge in [0.15, 0.2) is 11.9 Å². The van der Waals surface area contributed by atoms with E-state index < -0.39 is 0 Å². The van der Waals surface area contributed by atoms with Crippen LogP contribution < -0.4 is 10.7 Å². The molecule has 1 aromatic heterocycles. The lowest BCUT2D eigenvalue weighted by atomic mass is 10.3. The van der Waals surface area contributed by atoms with E-state index in [0.29, 0.717) is 15.7 Å². The Labute approximate surface area is 69.0 Å². The maximum absolute atomic E-state index is 5.74. The van der Waals surface area contributed by atoms with Crippen molar-refractivity contribution in [2.45, 2.75) is 6.92 Å². The molecule has 1 aromatic rings. The summed E-state index contributed by atoms with van der Waals surface area (Å²) in [5.41, 5.74) is 6.75. The van der Waals surface area contributed by atoms with Gasteiger partial charge in [0.25, 0.3) is 0 Å². The first kappa shape index (κ1) is 7.63. The highest BCUT2D eigenvalue weighted by Crippen LogP contribution is 2.25. The summed E-state index contributed by atoms with van der Waals surface area (Å²) in [6, 6.07) is 0. The molecule has 3 N–H and O–H groups in total. The first-order valence-corrected chi connectivity index (χ1v) is 3.50. The topological polar surface area (TPSA) is 40.2 Å². The number of aromatic amines is 1. The van der Waals surface area contributed by atoms with Crippen LogP contribution in [-0.4, -0.2) is 0 Å². The van der Waals surface area contributed by atoms with Gasteiger partial charge in [-0.05, 0) is 0 Å². The van der Waals surface area contributed by atoms with Gasteiger partial charge in [0.1, 0.15) is 10.0 Å². The molecule has 0 aliphatic rings. The molecule has 0 radical (unpaired) electrons. The van der Waals surface area contributed by atoms with Crippen molar-refractivity contribution in [3.63, 3.8) is 0 Å². The van der Waals surface area contributed by atoms with Gasteiger partial charge in [0.2, 0.25) is 0 Å². The Morgan fingerprint density at radius 3 is 2.60 bits per heavy atom. The minimum Gasteiger partial charge on any atom is -0.396 e. The second-order valence-electron chi connectivity index (χ2n) is 1.99. The summed E-state index contributed by atoms with van der Waals surface area (Å²) in [4.78, 5) is 2.86.